The third-order valence-corrected chi connectivity index (χ3v) is 8.27. The lowest BCUT2D eigenvalue weighted by Gasteiger charge is -2.32. The van der Waals surface area contributed by atoms with Crippen molar-refractivity contribution in [1.82, 2.24) is 0 Å². The molecule has 1 fully saturated rings. The van der Waals surface area contributed by atoms with Gasteiger partial charge in [0.2, 0.25) is 0 Å². The second kappa shape index (κ2) is 7.19. The molecule has 2 aromatic carbocycles. The fourth-order valence-corrected chi connectivity index (χ4v) is 7.03. The number of aromatic carboxylic acids is 1. The number of aliphatic hydroxyl groups is 1. The molecule has 28 heavy (non-hydrogen) atoms. The van der Waals surface area contributed by atoms with E-state index in [-0.39, 0.29) is 16.1 Å². The minimum absolute atomic E-state index is 0.184. The standard InChI is InChI=1S/C18H19NO7S2/c1-12-7-8-13(18(21)22)9-17(12)28(25,26)19(14-5-3-2-4-6-14)15-10-27(23,24)11-16(15)20/h2-9,15-16,20H,10-11H2,1H3,(H,21,22)/t15-,16-/m0/s1. The van der Waals surface area contributed by atoms with Crippen LogP contribution in [-0.4, -0.2) is 56.7 Å². The van der Waals surface area contributed by atoms with Gasteiger partial charge in [0.05, 0.1) is 39.8 Å². The van der Waals surface area contributed by atoms with Crippen LogP contribution in [0.5, 0.6) is 0 Å². The van der Waals surface area contributed by atoms with E-state index in [9.17, 15) is 31.8 Å². The number of aryl methyl sites for hydroxylation is 1. The van der Waals surface area contributed by atoms with Gasteiger partial charge in [0, 0.05) is 0 Å². The van der Waals surface area contributed by atoms with Crippen LogP contribution in [0.2, 0.25) is 0 Å². The van der Waals surface area contributed by atoms with E-state index in [0.29, 0.717) is 5.56 Å². The molecule has 0 unspecified atom stereocenters. The van der Waals surface area contributed by atoms with Crippen LogP contribution in [0.4, 0.5) is 5.69 Å². The third kappa shape index (κ3) is 3.75. The number of nitrogens with zero attached hydrogens (tertiary/aromatic N) is 1. The molecule has 1 saturated heterocycles. The quantitative estimate of drug-likeness (QED) is 0.732. The lowest BCUT2D eigenvalue weighted by atomic mass is 10.1. The van der Waals surface area contributed by atoms with Gasteiger partial charge < -0.3 is 10.2 Å². The van der Waals surface area contributed by atoms with E-state index in [1.807, 2.05) is 0 Å². The molecule has 0 aromatic heterocycles. The molecule has 2 aromatic rings. The van der Waals surface area contributed by atoms with Crippen LogP contribution >= 0.6 is 0 Å². The smallest absolute Gasteiger partial charge is 0.335 e. The van der Waals surface area contributed by atoms with Crippen molar-refractivity contribution in [1.29, 1.82) is 0 Å². The van der Waals surface area contributed by atoms with Gasteiger partial charge in [-0.25, -0.2) is 21.6 Å². The third-order valence-electron chi connectivity index (χ3n) is 4.58. The maximum Gasteiger partial charge on any atom is 0.335 e. The van der Waals surface area contributed by atoms with E-state index in [1.165, 1.54) is 31.2 Å². The summed E-state index contributed by atoms with van der Waals surface area (Å²) >= 11 is 0. The summed E-state index contributed by atoms with van der Waals surface area (Å²) in [5.74, 6) is -2.35. The zero-order valence-corrected chi connectivity index (χ0v) is 16.5. The topological polar surface area (TPSA) is 129 Å². The number of carboxylic acid groups (broad SMARTS) is 1. The Morgan fingerprint density at radius 1 is 1.11 bits per heavy atom. The normalized spacial score (nSPS) is 21.4. The molecule has 10 heteroatoms. The van der Waals surface area contributed by atoms with Crippen molar-refractivity contribution in [2.75, 3.05) is 15.8 Å². The summed E-state index contributed by atoms with van der Waals surface area (Å²) in [6, 6.07) is 10.3. The largest absolute Gasteiger partial charge is 0.478 e. The summed E-state index contributed by atoms with van der Waals surface area (Å²) in [6.07, 6.45) is -1.40. The average Bonchev–Trinajstić information content (AvgIpc) is 2.88. The summed E-state index contributed by atoms with van der Waals surface area (Å²) in [6.45, 7) is 1.52. The van der Waals surface area contributed by atoms with Crippen molar-refractivity contribution in [2.45, 2.75) is 24.0 Å². The van der Waals surface area contributed by atoms with E-state index in [4.69, 9.17) is 0 Å². The molecular formula is C18H19NO7S2. The first kappa shape index (κ1) is 20.3. The first-order valence-electron chi connectivity index (χ1n) is 8.35. The highest BCUT2D eigenvalue weighted by Crippen LogP contribution is 2.32. The SMILES string of the molecule is Cc1ccc(C(=O)O)cc1S(=O)(=O)N(c1ccccc1)[C@H]1CS(=O)(=O)C[C@@H]1O. The predicted molar refractivity (Wildman–Crippen MR) is 103 cm³/mol. The molecule has 0 radical (unpaired) electrons. The summed E-state index contributed by atoms with van der Waals surface area (Å²) in [7, 11) is -7.98. The molecule has 2 atom stereocenters. The van der Waals surface area contributed by atoms with E-state index in [2.05, 4.69) is 0 Å². The fraction of sp³-hybridized carbons (Fsp3) is 0.278. The molecule has 0 amide bonds. The number of sulfonamides is 1. The zero-order valence-electron chi connectivity index (χ0n) is 14.9. The molecule has 0 saturated carbocycles. The van der Waals surface area contributed by atoms with Crippen molar-refractivity contribution >= 4 is 31.5 Å². The van der Waals surface area contributed by atoms with Crippen LogP contribution in [-0.2, 0) is 19.9 Å². The minimum Gasteiger partial charge on any atom is -0.478 e. The molecule has 2 N–H and O–H groups in total. The Labute approximate surface area is 163 Å². The summed E-state index contributed by atoms with van der Waals surface area (Å²) < 4.78 is 51.9. The molecule has 150 valence electrons. The molecule has 0 bridgehead atoms. The number of anilines is 1. The van der Waals surface area contributed by atoms with E-state index < -0.39 is 49.5 Å². The molecule has 1 aliphatic rings. The first-order chi connectivity index (χ1) is 13.0. The highest BCUT2D eigenvalue weighted by Gasteiger charge is 2.45. The minimum atomic E-state index is -4.36. The summed E-state index contributed by atoms with van der Waals surface area (Å²) in [4.78, 5) is 11.0. The number of carbonyl (C=O) groups is 1. The fourth-order valence-electron chi connectivity index (χ4n) is 3.23. The highest BCUT2D eigenvalue weighted by molar-refractivity contribution is 7.93. The van der Waals surface area contributed by atoms with Gasteiger partial charge in [0.1, 0.15) is 0 Å². The van der Waals surface area contributed by atoms with E-state index in [0.717, 1.165) is 10.4 Å². The average molecular weight is 425 g/mol. The number of rotatable bonds is 5. The van der Waals surface area contributed by atoms with Crippen LogP contribution in [0.15, 0.2) is 53.4 Å². The Kier molecular flexibility index (Phi) is 5.22. The Bertz CT molecular complexity index is 1110. The van der Waals surface area contributed by atoms with Crippen molar-refractivity contribution in [3.63, 3.8) is 0 Å². The van der Waals surface area contributed by atoms with Gasteiger partial charge in [0.15, 0.2) is 9.84 Å². The maximum absolute atomic E-state index is 13.5. The highest BCUT2D eigenvalue weighted by atomic mass is 32.2. The van der Waals surface area contributed by atoms with Crippen molar-refractivity contribution in [3.8, 4) is 0 Å². The number of hydrogen-bond donors (Lipinski definition) is 2. The van der Waals surface area contributed by atoms with Gasteiger partial charge >= 0.3 is 5.97 Å². The van der Waals surface area contributed by atoms with Gasteiger partial charge in [0.25, 0.3) is 10.0 Å². The summed E-state index contributed by atoms with van der Waals surface area (Å²) in [5.41, 5.74) is 0.279. The monoisotopic (exact) mass is 425 g/mol. The van der Waals surface area contributed by atoms with E-state index >= 15 is 0 Å². The van der Waals surface area contributed by atoms with Crippen molar-refractivity contribution < 1.29 is 31.8 Å². The number of carboxylic acids is 1. The van der Waals surface area contributed by atoms with Crippen LogP contribution in [0, 0.1) is 6.92 Å². The van der Waals surface area contributed by atoms with Crippen LogP contribution in [0.1, 0.15) is 15.9 Å². The molecule has 8 nitrogen and oxygen atoms in total. The van der Waals surface area contributed by atoms with Crippen LogP contribution < -0.4 is 4.31 Å². The van der Waals surface area contributed by atoms with Crippen LogP contribution in [0.3, 0.4) is 0 Å². The van der Waals surface area contributed by atoms with Crippen molar-refractivity contribution in [3.05, 3.63) is 59.7 Å². The molecule has 0 aliphatic carbocycles. The molecule has 1 aliphatic heterocycles. The number of benzene rings is 2. The predicted octanol–water partition coefficient (Wildman–Crippen LogP) is 1.05. The number of hydrogen-bond acceptors (Lipinski definition) is 6. The Balaban J connectivity index is 2.21. The van der Waals surface area contributed by atoms with Gasteiger partial charge in [-0.3, -0.25) is 4.31 Å². The van der Waals surface area contributed by atoms with Gasteiger partial charge in [-0.2, -0.15) is 0 Å². The molecule has 0 spiro atoms. The number of sulfone groups is 1. The summed E-state index contributed by atoms with van der Waals surface area (Å²) in [5, 5.41) is 19.5. The molecule has 3 rings (SSSR count). The number of aliphatic hydroxyl groups excluding tert-OH is 1. The molecule has 1 heterocycles. The first-order valence-corrected chi connectivity index (χ1v) is 11.6. The van der Waals surface area contributed by atoms with E-state index in [1.54, 1.807) is 18.2 Å². The zero-order chi connectivity index (χ0) is 20.7. The second-order valence-electron chi connectivity index (χ2n) is 6.63. The lowest BCUT2D eigenvalue weighted by Crippen LogP contribution is -2.47. The van der Waals surface area contributed by atoms with Gasteiger partial charge in [-0.15, -0.1) is 0 Å². The Morgan fingerprint density at radius 2 is 1.75 bits per heavy atom. The maximum atomic E-state index is 13.5. The van der Waals surface area contributed by atoms with Crippen LogP contribution in [0.25, 0.3) is 0 Å². The number of para-hydroxylation sites is 1. The Morgan fingerprint density at radius 3 is 2.29 bits per heavy atom. The van der Waals surface area contributed by atoms with Gasteiger partial charge in [-0.1, -0.05) is 24.3 Å². The van der Waals surface area contributed by atoms with Gasteiger partial charge in [-0.05, 0) is 36.8 Å². The lowest BCUT2D eigenvalue weighted by molar-refractivity contribution is 0.0696. The Hall–Kier alpha value is -2.43. The van der Waals surface area contributed by atoms with Crippen molar-refractivity contribution in [2.24, 2.45) is 0 Å². The second-order valence-corrected chi connectivity index (χ2v) is 10.6. The molecular weight excluding hydrogens is 406 g/mol.